The fourth-order valence-electron chi connectivity index (χ4n) is 1.86. The molecule has 0 amide bonds. The summed E-state index contributed by atoms with van der Waals surface area (Å²) in [5.41, 5.74) is 0. The Labute approximate surface area is 121 Å². The minimum atomic E-state index is -1.40. The van der Waals surface area contributed by atoms with E-state index in [1.165, 1.54) is 4.57 Å². The van der Waals surface area contributed by atoms with Crippen molar-refractivity contribution in [2.75, 3.05) is 4.43 Å². The molecule has 106 valence electrons. The summed E-state index contributed by atoms with van der Waals surface area (Å²) in [5, 5.41) is 39.9. The molecule has 0 unspecified atom stereocenters. The second-order valence-electron chi connectivity index (χ2n) is 4.13. The van der Waals surface area contributed by atoms with Gasteiger partial charge in [-0.2, -0.15) is 0 Å². The number of hydrogen-bond acceptors (Lipinski definition) is 7. The maximum Gasteiger partial charge on any atom is 0.381 e. The lowest BCUT2D eigenvalue weighted by Gasteiger charge is -2.40. The molecule has 19 heavy (non-hydrogen) atoms. The molecule has 3 N–H and O–H groups in total. The molecule has 1 aromatic rings. The summed E-state index contributed by atoms with van der Waals surface area (Å²) in [5.74, 6) is -0.387. The Morgan fingerprint density at radius 3 is 2.63 bits per heavy atom. The number of alkyl halides is 1. The van der Waals surface area contributed by atoms with Gasteiger partial charge in [-0.1, -0.05) is 22.6 Å². The van der Waals surface area contributed by atoms with E-state index < -0.39 is 35.6 Å². The molecule has 0 aliphatic carbocycles. The molecule has 1 aromatic heterocycles. The molecular weight excluding hydrogens is 373 g/mol. The van der Waals surface area contributed by atoms with Crippen LogP contribution in [0, 0.1) is 10.1 Å². The molecule has 0 bridgehead atoms. The number of aliphatic hydroxyl groups excluding tert-OH is 3. The van der Waals surface area contributed by atoms with E-state index in [4.69, 9.17) is 4.74 Å². The first-order chi connectivity index (χ1) is 8.95. The SMILES string of the molecule is O=[N+]([O-])c1cn([C@@H]2O[C@H](CI)[C@H](O)[C@H](O)[C@H]2O)cn1. The summed E-state index contributed by atoms with van der Waals surface area (Å²) in [6.07, 6.45) is -3.46. The third-order valence-electron chi connectivity index (χ3n) is 2.91. The second-order valence-corrected chi connectivity index (χ2v) is 5.01. The first-order valence-corrected chi connectivity index (χ1v) is 6.91. The standard InChI is InChI=1S/C9H12IN3O6/c10-1-4-6(14)7(15)8(16)9(19-4)12-2-5(11-3-12)13(17)18/h2-4,6-9,14-16H,1H2/t4-,6+,7+,8-,9-/m1/s1. The van der Waals surface area contributed by atoms with E-state index >= 15 is 0 Å². The monoisotopic (exact) mass is 385 g/mol. The van der Waals surface area contributed by atoms with Crippen LogP contribution in [0.2, 0.25) is 0 Å². The Bertz CT molecular complexity index is 467. The smallest absolute Gasteiger partial charge is 0.381 e. The van der Waals surface area contributed by atoms with Crippen molar-refractivity contribution in [2.24, 2.45) is 0 Å². The Morgan fingerprint density at radius 1 is 1.42 bits per heavy atom. The predicted octanol–water partition coefficient (Wildman–Crippen LogP) is -0.794. The van der Waals surface area contributed by atoms with Gasteiger partial charge in [-0.25, -0.2) is 0 Å². The van der Waals surface area contributed by atoms with Gasteiger partial charge in [0.05, 0.1) is 6.10 Å². The number of imidazole rings is 1. The zero-order valence-corrected chi connectivity index (χ0v) is 11.7. The first kappa shape index (κ1) is 14.6. The number of ether oxygens (including phenoxy) is 1. The van der Waals surface area contributed by atoms with Gasteiger partial charge >= 0.3 is 5.82 Å². The van der Waals surface area contributed by atoms with Gasteiger partial charge in [-0.15, -0.1) is 0 Å². The summed E-state index contributed by atoms with van der Waals surface area (Å²) >= 11 is 1.97. The molecule has 1 saturated heterocycles. The van der Waals surface area contributed by atoms with E-state index in [2.05, 4.69) is 4.98 Å². The van der Waals surface area contributed by atoms with Crippen LogP contribution >= 0.6 is 22.6 Å². The van der Waals surface area contributed by atoms with Crippen molar-refractivity contribution in [3.63, 3.8) is 0 Å². The van der Waals surface area contributed by atoms with Gasteiger partial charge in [0.1, 0.15) is 24.5 Å². The van der Waals surface area contributed by atoms with Crippen LogP contribution in [0.4, 0.5) is 5.82 Å². The molecule has 1 aliphatic rings. The largest absolute Gasteiger partial charge is 0.388 e. The van der Waals surface area contributed by atoms with Gasteiger partial charge in [-0.05, 0) is 9.91 Å². The third-order valence-corrected chi connectivity index (χ3v) is 3.78. The Kier molecular flexibility index (Phi) is 4.35. The molecule has 9 nitrogen and oxygen atoms in total. The molecule has 2 heterocycles. The third kappa shape index (κ3) is 2.72. The summed E-state index contributed by atoms with van der Waals surface area (Å²) in [4.78, 5) is 13.4. The van der Waals surface area contributed by atoms with Crippen molar-refractivity contribution in [1.29, 1.82) is 0 Å². The summed E-state index contributed by atoms with van der Waals surface area (Å²) in [6, 6.07) is 0. The normalized spacial score (nSPS) is 35.3. The molecule has 1 fully saturated rings. The van der Waals surface area contributed by atoms with Gasteiger partial charge in [0.25, 0.3) is 0 Å². The topological polar surface area (TPSA) is 131 Å². The van der Waals surface area contributed by atoms with E-state index in [0.717, 1.165) is 12.5 Å². The highest BCUT2D eigenvalue weighted by molar-refractivity contribution is 14.1. The lowest BCUT2D eigenvalue weighted by molar-refractivity contribution is -0.389. The molecule has 10 heteroatoms. The van der Waals surface area contributed by atoms with E-state index in [1.54, 1.807) is 0 Å². The number of hydrogen-bond donors (Lipinski definition) is 3. The minimum absolute atomic E-state index is 0.387. The van der Waals surface area contributed by atoms with Crippen molar-refractivity contribution < 1.29 is 25.0 Å². The van der Waals surface area contributed by atoms with Gasteiger partial charge in [0, 0.05) is 4.43 Å². The molecule has 1 aliphatic heterocycles. The van der Waals surface area contributed by atoms with E-state index in [-0.39, 0.29) is 5.82 Å². The number of halogens is 1. The number of rotatable bonds is 3. The maximum atomic E-state index is 10.6. The Balaban J connectivity index is 2.24. The van der Waals surface area contributed by atoms with Crippen LogP contribution in [0.25, 0.3) is 0 Å². The molecule has 2 rings (SSSR count). The van der Waals surface area contributed by atoms with Crippen molar-refractivity contribution in [1.82, 2.24) is 9.55 Å². The lowest BCUT2D eigenvalue weighted by atomic mass is 9.99. The first-order valence-electron chi connectivity index (χ1n) is 5.39. The highest BCUT2D eigenvalue weighted by Crippen LogP contribution is 2.29. The van der Waals surface area contributed by atoms with Crippen LogP contribution in [0.15, 0.2) is 12.5 Å². The van der Waals surface area contributed by atoms with Crippen LogP contribution in [0.1, 0.15) is 6.23 Å². The maximum absolute atomic E-state index is 10.6. The average Bonchev–Trinajstić information content (AvgIpc) is 2.86. The number of nitrogens with zero attached hydrogens (tertiary/aromatic N) is 3. The van der Waals surface area contributed by atoms with Crippen LogP contribution in [-0.4, -0.2) is 58.6 Å². The van der Waals surface area contributed by atoms with Crippen LogP contribution in [0.3, 0.4) is 0 Å². The molecule has 0 aromatic carbocycles. The van der Waals surface area contributed by atoms with Crippen molar-refractivity contribution in [3.8, 4) is 0 Å². The number of nitro groups is 1. The average molecular weight is 385 g/mol. The van der Waals surface area contributed by atoms with Crippen LogP contribution in [-0.2, 0) is 4.74 Å². The van der Waals surface area contributed by atoms with Crippen molar-refractivity contribution in [3.05, 3.63) is 22.6 Å². The van der Waals surface area contributed by atoms with Crippen LogP contribution in [0.5, 0.6) is 0 Å². The van der Waals surface area contributed by atoms with Crippen LogP contribution < -0.4 is 0 Å². The van der Waals surface area contributed by atoms with Gasteiger partial charge in [0.2, 0.25) is 6.33 Å². The lowest BCUT2D eigenvalue weighted by Crippen LogP contribution is -2.55. The van der Waals surface area contributed by atoms with Gasteiger partial charge < -0.3 is 30.2 Å². The van der Waals surface area contributed by atoms with E-state index in [1.807, 2.05) is 22.6 Å². The Morgan fingerprint density at radius 2 is 2.11 bits per heavy atom. The molecular formula is C9H12IN3O6. The fraction of sp³-hybridized carbons (Fsp3) is 0.667. The molecule has 5 atom stereocenters. The van der Waals surface area contributed by atoms with Crippen molar-refractivity contribution >= 4 is 28.4 Å². The highest BCUT2D eigenvalue weighted by Gasteiger charge is 2.44. The number of aromatic nitrogens is 2. The summed E-state index contributed by atoms with van der Waals surface area (Å²) in [7, 11) is 0. The number of aliphatic hydroxyl groups is 3. The zero-order chi connectivity index (χ0) is 14.2. The van der Waals surface area contributed by atoms with E-state index in [9.17, 15) is 25.4 Å². The van der Waals surface area contributed by atoms with Gasteiger partial charge in [0.15, 0.2) is 6.23 Å². The minimum Gasteiger partial charge on any atom is -0.388 e. The molecule has 0 saturated carbocycles. The highest BCUT2D eigenvalue weighted by atomic mass is 127. The zero-order valence-electron chi connectivity index (χ0n) is 9.53. The molecule has 0 radical (unpaired) electrons. The van der Waals surface area contributed by atoms with Gasteiger partial charge in [-0.3, -0.25) is 4.57 Å². The van der Waals surface area contributed by atoms with E-state index in [0.29, 0.717) is 4.43 Å². The quantitative estimate of drug-likeness (QED) is 0.269. The van der Waals surface area contributed by atoms with Crippen molar-refractivity contribution in [2.45, 2.75) is 30.6 Å². The fourth-order valence-corrected chi connectivity index (χ4v) is 2.59. The summed E-state index contributed by atoms with van der Waals surface area (Å²) < 4.78 is 7.05. The predicted molar refractivity (Wildman–Crippen MR) is 69.7 cm³/mol. The second kappa shape index (κ2) is 5.66. The molecule has 0 spiro atoms. The summed E-state index contributed by atoms with van der Waals surface area (Å²) in [6.45, 7) is 0. The Hall–Kier alpha value is -0.820.